The molecule has 0 heterocycles. The van der Waals surface area contributed by atoms with E-state index < -0.39 is 8.07 Å². The molecule has 0 spiro atoms. The fourth-order valence-electron chi connectivity index (χ4n) is 2.71. The van der Waals surface area contributed by atoms with E-state index in [-0.39, 0.29) is 11.6 Å². The van der Waals surface area contributed by atoms with E-state index in [1.54, 1.807) is 12.1 Å². The van der Waals surface area contributed by atoms with Gasteiger partial charge in [0, 0.05) is 0 Å². The Labute approximate surface area is 149 Å². The minimum atomic E-state index is -1.81. The second-order valence-electron chi connectivity index (χ2n) is 6.60. The van der Waals surface area contributed by atoms with Crippen LogP contribution in [-0.4, -0.2) is 20.5 Å². The summed E-state index contributed by atoms with van der Waals surface area (Å²) in [7, 11) is -1.81. The first kappa shape index (κ1) is 19.4. The quantitative estimate of drug-likeness (QED) is 0.567. The number of benzene rings is 2. The van der Waals surface area contributed by atoms with Crippen molar-refractivity contribution in [3.8, 4) is 11.5 Å². The number of hydrogen-bond acceptors (Lipinski definition) is 2. The predicted molar refractivity (Wildman–Crippen MR) is 100.0 cm³/mol. The number of ether oxygens (including phenoxy) is 2. The van der Waals surface area contributed by atoms with Crippen molar-refractivity contribution < 1.29 is 18.3 Å². The maximum absolute atomic E-state index is 13.2. The van der Waals surface area contributed by atoms with Gasteiger partial charge in [0.05, 0.1) is 12.5 Å². The monoisotopic (exact) mass is 364 g/mol. The largest absolute Gasteiger partial charge is 0.497 e. The van der Waals surface area contributed by atoms with Crippen LogP contribution >= 0.6 is 0 Å². The Morgan fingerprint density at radius 1 is 0.760 bits per heavy atom. The SMILES string of the molecule is CC[Si](CC)(COc1ccc(F)cc1C)COc1ccc(F)cc1C. The molecular formula is C20H26F2O2Si. The maximum Gasteiger partial charge on any atom is 0.141 e. The fourth-order valence-corrected chi connectivity index (χ4v) is 5.03. The summed E-state index contributed by atoms with van der Waals surface area (Å²) >= 11 is 0. The molecule has 2 rings (SSSR count). The molecule has 0 atom stereocenters. The van der Waals surface area contributed by atoms with E-state index in [1.807, 2.05) is 13.8 Å². The van der Waals surface area contributed by atoms with Crippen LogP contribution in [0.2, 0.25) is 12.1 Å². The van der Waals surface area contributed by atoms with Gasteiger partial charge in [-0.2, -0.15) is 0 Å². The van der Waals surface area contributed by atoms with E-state index in [9.17, 15) is 8.78 Å². The summed E-state index contributed by atoms with van der Waals surface area (Å²) in [4.78, 5) is 0. The molecule has 0 aliphatic heterocycles. The molecule has 0 fully saturated rings. The highest BCUT2D eigenvalue weighted by molar-refractivity contribution is 6.79. The molecule has 0 aliphatic rings. The lowest BCUT2D eigenvalue weighted by Gasteiger charge is -2.29. The van der Waals surface area contributed by atoms with Crippen molar-refractivity contribution in [2.45, 2.75) is 39.8 Å². The highest BCUT2D eigenvalue weighted by Gasteiger charge is 2.32. The first-order valence-corrected chi connectivity index (χ1v) is 11.5. The third-order valence-electron chi connectivity index (χ3n) is 4.84. The normalized spacial score (nSPS) is 11.4. The summed E-state index contributed by atoms with van der Waals surface area (Å²) in [6, 6.07) is 11.2. The van der Waals surface area contributed by atoms with Crippen molar-refractivity contribution in [3.05, 3.63) is 59.2 Å². The zero-order valence-corrected chi connectivity index (χ0v) is 16.4. The lowest BCUT2D eigenvalue weighted by Crippen LogP contribution is -2.46. The molecule has 25 heavy (non-hydrogen) atoms. The van der Waals surface area contributed by atoms with Crippen LogP contribution in [0.25, 0.3) is 0 Å². The summed E-state index contributed by atoms with van der Waals surface area (Å²) in [6.45, 7) is 8.02. The average Bonchev–Trinajstić information content (AvgIpc) is 2.58. The summed E-state index contributed by atoms with van der Waals surface area (Å²) < 4.78 is 38.5. The Hall–Kier alpha value is -1.88. The van der Waals surface area contributed by atoms with Gasteiger partial charge in [0.25, 0.3) is 0 Å². The molecule has 0 aliphatic carbocycles. The van der Waals surface area contributed by atoms with E-state index >= 15 is 0 Å². The summed E-state index contributed by atoms with van der Waals surface area (Å²) in [5, 5.41) is 0. The van der Waals surface area contributed by atoms with Gasteiger partial charge in [-0.05, 0) is 61.4 Å². The highest BCUT2D eigenvalue weighted by Crippen LogP contribution is 2.25. The van der Waals surface area contributed by atoms with Crippen LogP contribution in [0.5, 0.6) is 11.5 Å². The molecule has 0 saturated carbocycles. The van der Waals surface area contributed by atoms with Crippen molar-refractivity contribution in [2.75, 3.05) is 12.5 Å². The third kappa shape index (κ3) is 5.05. The summed E-state index contributed by atoms with van der Waals surface area (Å²) in [5.41, 5.74) is 1.59. The van der Waals surface area contributed by atoms with Crippen LogP contribution in [0.4, 0.5) is 8.78 Å². The molecular weight excluding hydrogens is 338 g/mol. The first-order chi connectivity index (χ1) is 11.9. The van der Waals surface area contributed by atoms with Gasteiger partial charge in [-0.1, -0.05) is 25.9 Å². The number of hydrogen-bond donors (Lipinski definition) is 0. The number of halogens is 2. The van der Waals surface area contributed by atoms with Gasteiger partial charge in [-0.15, -0.1) is 0 Å². The molecule has 2 nitrogen and oxygen atoms in total. The topological polar surface area (TPSA) is 18.5 Å². The van der Waals surface area contributed by atoms with Crippen LogP contribution < -0.4 is 9.47 Å². The van der Waals surface area contributed by atoms with Gasteiger partial charge in [0.15, 0.2) is 0 Å². The second kappa shape index (κ2) is 8.47. The van der Waals surface area contributed by atoms with Crippen LogP contribution in [-0.2, 0) is 0 Å². The first-order valence-electron chi connectivity index (χ1n) is 8.67. The molecule has 0 radical (unpaired) electrons. The maximum atomic E-state index is 13.2. The highest BCUT2D eigenvalue weighted by atomic mass is 28.3. The van der Waals surface area contributed by atoms with E-state index in [4.69, 9.17) is 9.47 Å². The molecule has 0 aromatic heterocycles. The van der Waals surface area contributed by atoms with E-state index in [2.05, 4.69) is 13.8 Å². The molecule has 136 valence electrons. The molecule has 0 bridgehead atoms. The van der Waals surface area contributed by atoms with Gasteiger partial charge in [-0.3, -0.25) is 0 Å². The molecule has 0 saturated heterocycles. The van der Waals surface area contributed by atoms with Crippen LogP contribution in [0.1, 0.15) is 25.0 Å². The Balaban J connectivity index is 2.06. The van der Waals surface area contributed by atoms with Gasteiger partial charge in [0.1, 0.15) is 31.2 Å². The Morgan fingerprint density at radius 2 is 1.16 bits per heavy atom. The molecule has 0 unspecified atom stereocenters. The van der Waals surface area contributed by atoms with Gasteiger partial charge >= 0.3 is 0 Å². The number of aryl methyl sites for hydroxylation is 2. The Bertz CT molecular complexity index is 657. The molecule has 5 heteroatoms. The number of rotatable bonds is 8. The lowest BCUT2D eigenvalue weighted by molar-refractivity contribution is 0.338. The predicted octanol–water partition coefficient (Wildman–Crippen LogP) is 5.61. The summed E-state index contributed by atoms with van der Waals surface area (Å²) in [5.74, 6) is 0.931. The fraction of sp³-hybridized carbons (Fsp3) is 0.400. The zero-order valence-electron chi connectivity index (χ0n) is 15.4. The Kier molecular flexibility index (Phi) is 6.59. The molecule has 2 aromatic carbocycles. The zero-order chi connectivity index (χ0) is 18.4. The van der Waals surface area contributed by atoms with Crippen molar-refractivity contribution in [1.82, 2.24) is 0 Å². The van der Waals surface area contributed by atoms with Crippen LogP contribution in [0.15, 0.2) is 36.4 Å². The minimum Gasteiger partial charge on any atom is -0.497 e. The Morgan fingerprint density at radius 3 is 1.48 bits per heavy atom. The van der Waals surface area contributed by atoms with E-state index in [0.717, 1.165) is 34.7 Å². The van der Waals surface area contributed by atoms with Crippen molar-refractivity contribution >= 4 is 8.07 Å². The standard InChI is InChI=1S/C20H26F2O2Si/c1-5-25(6-2,13-23-19-9-7-17(21)11-15(19)3)14-24-20-10-8-18(22)12-16(20)4/h7-12H,5-6,13-14H2,1-4H3. The van der Waals surface area contributed by atoms with Crippen molar-refractivity contribution in [1.29, 1.82) is 0 Å². The van der Waals surface area contributed by atoms with Crippen molar-refractivity contribution in [3.63, 3.8) is 0 Å². The van der Waals surface area contributed by atoms with Gasteiger partial charge < -0.3 is 9.47 Å². The summed E-state index contributed by atoms with van der Waals surface area (Å²) in [6.07, 6.45) is 1.24. The van der Waals surface area contributed by atoms with Crippen molar-refractivity contribution in [2.24, 2.45) is 0 Å². The van der Waals surface area contributed by atoms with Crippen LogP contribution in [0, 0.1) is 25.5 Å². The third-order valence-corrected chi connectivity index (χ3v) is 9.36. The second-order valence-corrected chi connectivity index (χ2v) is 11.6. The van der Waals surface area contributed by atoms with Gasteiger partial charge in [-0.25, -0.2) is 8.78 Å². The van der Waals surface area contributed by atoms with Gasteiger partial charge in [0.2, 0.25) is 0 Å². The average molecular weight is 365 g/mol. The lowest BCUT2D eigenvalue weighted by atomic mass is 10.2. The van der Waals surface area contributed by atoms with E-state index in [1.165, 1.54) is 24.3 Å². The van der Waals surface area contributed by atoms with E-state index in [0.29, 0.717) is 12.5 Å². The molecule has 0 N–H and O–H groups in total. The molecule has 0 amide bonds. The minimum absolute atomic E-state index is 0.255. The molecule has 2 aromatic rings. The smallest absolute Gasteiger partial charge is 0.141 e. The van der Waals surface area contributed by atoms with Crippen LogP contribution in [0.3, 0.4) is 0 Å².